The smallest absolute Gasteiger partial charge is 0.315 e. The molecular weight excluding hydrogens is 208 g/mol. The van der Waals surface area contributed by atoms with Crippen molar-refractivity contribution in [2.45, 2.75) is 53.6 Å². The van der Waals surface area contributed by atoms with E-state index in [9.17, 15) is 9.59 Å². The molecule has 0 N–H and O–H groups in total. The summed E-state index contributed by atoms with van der Waals surface area (Å²) in [6.45, 7) is 10.8. The van der Waals surface area contributed by atoms with Crippen molar-refractivity contribution in [1.29, 1.82) is 0 Å². The molecule has 4 nitrogen and oxygen atoms in total. The number of Topliss-reactive ketones (excluding diaryl/α,β-unsaturated/α-hetero) is 1. The van der Waals surface area contributed by atoms with Gasteiger partial charge in [-0.15, -0.1) is 0 Å². The fourth-order valence-corrected chi connectivity index (χ4v) is 0.719. The van der Waals surface area contributed by atoms with Crippen molar-refractivity contribution in [2.75, 3.05) is 6.79 Å². The SMILES string of the molecule is CC(C)(C)OCOC(=O)CC(=O)C(C)(C)C. The molecule has 0 atom stereocenters. The number of esters is 1. The third-order valence-corrected chi connectivity index (χ3v) is 1.85. The quantitative estimate of drug-likeness (QED) is 0.422. The Labute approximate surface area is 97.3 Å². The van der Waals surface area contributed by atoms with Crippen LogP contribution in [0.4, 0.5) is 0 Å². The Balaban J connectivity index is 3.89. The van der Waals surface area contributed by atoms with E-state index in [4.69, 9.17) is 9.47 Å². The normalized spacial score (nSPS) is 12.4. The first kappa shape index (κ1) is 15.1. The number of carbonyl (C=O) groups excluding carboxylic acids is 2. The molecule has 0 aromatic heterocycles. The Morgan fingerprint density at radius 1 is 1.00 bits per heavy atom. The maximum atomic E-state index is 11.5. The molecule has 0 aliphatic heterocycles. The molecule has 0 rings (SSSR count). The summed E-state index contributed by atoms with van der Waals surface area (Å²) in [6.07, 6.45) is -0.197. The molecule has 0 saturated heterocycles. The number of hydrogen-bond acceptors (Lipinski definition) is 4. The molecular formula is C12H22O4. The number of rotatable bonds is 4. The summed E-state index contributed by atoms with van der Waals surface area (Å²) in [6, 6.07) is 0. The van der Waals surface area contributed by atoms with E-state index in [-0.39, 0.29) is 24.6 Å². The van der Waals surface area contributed by atoms with Crippen LogP contribution in [-0.4, -0.2) is 24.1 Å². The van der Waals surface area contributed by atoms with Crippen LogP contribution < -0.4 is 0 Å². The second kappa shape index (κ2) is 5.43. The Morgan fingerprint density at radius 3 is 1.88 bits per heavy atom. The van der Waals surface area contributed by atoms with Crippen molar-refractivity contribution >= 4 is 11.8 Å². The summed E-state index contributed by atoms with van der Waals surface area (Å²) >= 11 is 0. The van der Waals surface area contributed by atoms with E-state index in [1.54, 1.807) is 20.8 Å². The number of hydrogen-bond donors (Lipinski definition) is 0. The van der Waals surface area contributed by atoms with Gasteiger partial charge in [0.15, 0.2) is 6.79 Å². The fraction of sp³-hybridized carbons (Fsp3) is 0.833. The third-order valence-electron chi connectivity index (χ3n) is 1.85. The van der Waals surface area contributed by atoms with Gasteiger partial charge in [-0.1, -0.05) is 20.8 Å². The third kappa shape index (κ3) is 7.40. The molecule has 0 aromatic rings. The van der Waals surface area contributed by atoms with Gasteiger partial charge in [0.1, 0.15) is 12.2 Å². The van der Waals surface area contributed by atoms with Gasteiger partial charge in [0.25, 0.3) is 0 Å². The van der Waals surface area contributed by atoms with Gasteiger partial charge in [0.05, 0.1) is 5.60 Å². The molecule has 0 unspecified atom stereocenters. The van der Waals surface area contributed by atoms with Crippen molar-refractivity contribution in [2.24, 2.45) is 5.41 Å². The van der Waals surface area contributed by atoms with Gasteiger partial charge >= 0.3 is 5.97 Å². The first-order chi connectivity index (χ1) is 7.02. The average Bonchev–Trinajstić information content (AvgIpc) is 1.99. The van der Waals surface area contributed by atoms with Crippen molar-refractivity contribution in [3.05, 3.63) is 0 Å². The zero-order valence-electron chi connectivity index (χ0n) is 11.0. The summed E-state index contributed by atoms with van der Waals surface area (Å²) in [7, 11) is 0. The molecule has 4 heteroatoms. The van der Waals surface area contributed by atoms with Crippen LogP contribution in [0.3, 0.4) is 0 Å². The molecule has 0 aliphatic rings. The first-order valence-corrected chi connectivity index (χ1v) is 5.35. The van der Waals surface area contributed by atoms with Gasteiger partial charge in [-0.25, -0.2) is 0 Å². The highest BCUT2D eigenvalue weighted by molar-refractivity contribution is 5.98. The molecule has 0 aliphatic carbocycles. The maximum absolute atomic E-state index is 11.5. The van der Waals surface area contributed by atoms with E-state index < -0.39 is 11.4 Å². The summed E-state index contributed by atoms with van der Waals surface area (Å²) in [5.41, 5.74) is -0.863. The zero-order chi connectivity index (χ0) is 13.0. The van der Waals surface area contributed by atoms with Gasteiger partial charge in [-0.05, 0) is 20.8 Å². The van der Waals surface area contributed by atoms with Crippen LogP contribution in [0.2, 0.25) is 0 Å². The van der Waals surface area contributed by atoms with Crippen molar-refractivity contribution in [3.63, 3.8) is 0 Å². The van der Waals surface area contributed by atoms with E-state index in [0.29, 0.717) is 0 Å². The van der Waals surface area contributed by atoms with Crippen LogP contribution >= 0.6 is 0 Å². The van der Waals surface area contributed by atoms with Crippen LogP contribution in [-0.2, 0) is 19.1 Å². The monoisotopic (exact) mass is 230 g/mol. The molecule has 0 spiro atoms. The highest BCUT2D eigenvalue weighted by atomic mass is 16.7. The lowest BCUT2D eigenvalue weighted by Crippen LogP contribution is -2.26. The Hall–Kier alpha value is -0.900. The predicted octanol–water partition coefficient (Wildman–Crippen LogP) is 2.31. The number of carbonyl (C=O) groups is 2. The molecule has 0 heterocycles. The van der Waals surface area contributed by atoms with Crippen molar-refractivity contribution < 1.29 is 19.1 Å². The lowest BCUT2D eigenvalue weighted by atomic mass is 9.89. The van der Waals surface area contributed by atoms with Crippen LogP contribution in [0.1, 0.15) is 48.0 Å². The minimum Gasteiger partial charge on any atom is -0.438 e. The molecule has 0 radical (unpaired) electrons. The lowest BCUT2D eigenvalue weighted by Gasteiger charge is -2.19. The van der Waals surface area contributed by atoms with Gasteiger partial charge in [0.2, 0.25) is 0 Å². The first-order valence-electron chi connectivity index (χ1n) is 5.35. The van der Waals surface area contributed by atoms with Gasteiger partial charge in [-0.2, -0.15) is 0 Å². The molecule has 0 fully saturated rings. The summed E-state index contributed by atoms with van der Waals surface area (Å²) < 4.78 is 10.0. The standard InChI is InChI=1S/C12H22O4/c1-11(2,3)9(13)7-10(14)15-8-16-12(4,5)6/h7-8H2,1-6H3. The van der Waals surface area contributed by atoms with Crippen LogP contribution in [0.25, 0.3) is 0 Å². The Bertz CT molecular complexity index is 255. The molecule has 16 heavy (non-hydrogen) atoms. The van der Waals surface area contributed by atoms with Crippen LogP contribution in [0.15, 0.2) is 0 Å². The lowest BCUT2D eigenvalue weighted by molar-refractivity contribution is -0.168. The predicted molar refractivity (Wildman–Crippen MR) is 60.9 cm³/mol. The van der Waals surface area contributed by atoms with Gasteiger partial charge < -0.3 is 9.47 Å². The summed E-state index contributed by atoms with van der Waals surface area (Å²) in [5, 5.41) is 0. The highest BCUT2D eigenvalue weighted by Gasteiger charge is 2.24. The van der Waals surface area contributed by atoms with E-state index in [0.717, 1.165) is 0 Å². The molecule has 94 valence electrons. The van der Waals surface area contributed by atoms with E-state index >= 15 is 0 Å². The van der Waals surface area contributed by atoms with Crippen LogP contribution in [0.5, 0.6) is 0 Å². The van der Waals surface area contributed by atoms with Gasteiger partial charge in [-0.3, -0.25) is 9.59 Å². The summed E-state index contributed by atoms with van der Waals surface area (Å²) in [5.74, 6) is -0.669. The molecule has 0 aromatic carbocycles. The average molecular weight is 230 g/mol. The molecule has 0 saturated carbocycles. The number of ketones is 1. The minimum absolute atomic E-state index is 0.111. The molecule has 0 amide bonds. The van der Waals surface area contributed by atoms with E-state index in [1.165, 1.54) is 0 Å². The van der Waals surface area contributed by atoms with Crippen molar-refractivity contribution in [3.8, 4) is 0 Å². The fourth-order valence-electron chi connectivity index (χ4n) is 0.719. The topological polar surface area (TPSA) is 52.6 Å². The van der Waals surface area contributed by atoms with Crippen LogP contribution in [0, 0.1) is 5.41 Å². The van der Waals surface area contributed by atoms with E-state index in [1.807, 2.05) is 20.8 Å². The largest absolute Gasteiger partial charge is 0.438 e. The zero-order valence-corrected chi connectivity index (χ0v) is 11.0. The van der Waals surface area contributed by atoms with Gasteiger partial charge in [0, 0.05) is 5.41 Å². The summed E-state index contributed by atoms with van der Waals surface area (Å²) in [4.78, 5) is 22.8. The Morgan fingerprint density at radius 2 is 1.50 bits per heavy atom. The van der Waals surface area contributed by atoms with Crippen molar-refractivity contribution in [1.82, 2.24) is 0 Å². The maximum Gasteiger partial charge on any atom is 0.315 e. The minimum atomic E-state index is -0.538. The second-order valence-corrected chi connectivity index (χ2v) is 5.74. The Kier molecular flexibility index (Phi) is 5.13. The molecule has 0 bridgehead atoms. The number of ether oxygens (including phenoxy) is 2. The highest BCUT2D eigenvalue weighted by Crippen LogP contribution is 2.17. The van der Waals surface area contributed by atoms with E-state index in [2.05, 4.69) is 0 Å². The second-order valence-electron chi connectivity index (χ2n) is 5.74.